The first kappa shape index (κ1) is 14.8. The fourth-order valence-electron chi connectivity index (χ4n) is 1.55. The molecular weight excluding hydrogens is 248 g/mol. The molecule has 1 aliphatic heterocycles. The Kier molecular flexibility index (Phi) is 4.99. The quantitative estimate of drug-likeness (QED) is 0.305. The lowest BCUT2D eigenvalue weighted by molar-refractivity contribution is -0.233. The first-order valence-electron chi connectivity index (χ1n) is 5.25. The van der Waals surface area contributed by atoms with Crippen LogP contribution in [0.15, 0.2) is 0 Å². The van der Waals surface area contributed by atoms with E-state index in [2.05, 4.69) is 5.32 Å². The summed E-state index contributed by atoms with van der Waals surface area (Å²) in [6.07, 6.45) is -7.14. The van der Waals surface area contributed by atoms with Crippen LogP contribution in [0.1, 0.15) is 6.92 Å². The summed E-state index contributed by atoms with van der Waals surface area (Å²) < 4.78 is 4.99. The van der Waals surface area contributed by atoms with Crippen molar-refractivity contribution in [2.24, 2.45) is 0 Å². The number of aliphatic hydroxyl groups is 4. The van der Waals surface area contributed by atoms with Crippen LogP contribution in [-0.4, -0.2) is 69.6 Å². The molecule has 0 aromatic carbocycles. The van der Waals surface area contributed by atoms with Crippen LogP contribution < -0.4 is 10.6 Å². The van der Waals surface area contributed by atoms with E-state index in [1.807, 2.05) is 5.32 Å². The zero-order valence-corrected chi connectivity index (χ0v) is 9.61. The summed E-state index contributed by atoms with van der Waals surface area (Å²) in [5.41, 5.74) is 0. The number of imide groups is 1. The first-order valence-corrected chi connectivity index (χ1v) is 5.25. The molecular formula is C9H16N2O7. The average molecular weight is 264 g/mol. The fourth-order valence-corrected chi connectivity index (χ4v) is 1.55. The SMILES string of the molecule is CC(=O)NC(=O)N[C@@H]1O[C@H](CO)[C@@H](O)[C@H](O)[C@H]1O. The number of carbonyl (C=O) groups excluding carboxylic acids is 2. The maximum absolute atomic E-state index is 11.2. The minimum absolute atomic E-state index is 0.600. The number of hydrogen-bond donors (Lipinski definition) is 6. The third kappa shape index (κ3) is 3.37. The van der Waals surface area contributed by atoms with E-state index >= 15 is 0 Å². The van der Waals surface area contributed by atoms with Crippen LogP contribution in [0, 0.1) is 0 Å². The van der Waals surface area contributed by atoms with Gasteiger partial charge in [0.05, 0.1) is 6.61 Å². The summed E-state index contributed by atoms with van der Waals surface area (Å²) in [4.78, 5) is 21.8. The van der Waals surface area contributed by atoms with Gasteiger partial charge in [0.2, 0.25) is 5.91 Å². The molecule has 0 unspecified atom stereocenters. The lowest BCUT2D eigenvalue weighted by Crippen LogP contribution is -2.64. The molecule has 9 nitrogen and oxygen atoms in total. The highest BCUT2D eigenvalue weighted by Crippen LogP contribution is 2.19. The molecule has 18 heavy (non-hydrogen) atoms. The van der Waals surface area contributed by atoms with Gasteiger partial charge in [-0.05, 0) is 0 Å². The van der Waals surface area contributed by atoms with E-state index in [4.69, 9.17) is 9.84 Å². The minimum atomic E-state index is -1.58. The Morgan fingerprint density at radius 2 is 1.78 bits per heavy atom. The van der Waals surface area contributed by atoms with Gasteiger partial charge in [0.25, 0.3) is 0 Å². The van der Waals surface area contributed by atoms with Crippen molar-refractivity contribution in [2.45, 2.75) is 37.6 Å². The summed E-state index contributed by atoms with van der Waals surface area (Å²) in [6.45, 7) is 0.518. The average Bonchev–Trinajstić information content (AvgIpc) is 2.29. The molecule has 1 rings (SSSR count). The molecule has 0 bridgehead atoms. The van der Waals surface area contributed by atoms with Crippen LogP contribution in [-0.2, 0) is 9.53 Å². The molecule has 9 heteroatoms. The zero-order valence-electron chi connectivity index (χ0n) is 9.61. The maximum Gasteiger partial charge on any atom is 0.323 e. The third-order valence-corrected chi connectivity index (χ3v) is 2.46. The number of amides is 3. The number of nitrogens with one attached hydrogen (secondary N) is 2. The van der Waals surface area contributed by atoms with Crippen LogP contribution in [0.25, 0.3) is 0 Å². The van der Waals surface area contributed by atoms with Crippen LogP contribution >= 0.6 is 0 Å². The van der Waals surface area contributed by atoms with Crippen LogP contribution in [0.3, 0.4) is 0 Å². The van der Waals surface area contributed by atoms with E-state index < -0.39 is 49.2 Å². The predicted molar refractivity (Wildman–Crippen MR) is 56.1 cm³/mol. The molecule has 6 N–H and O–H groups in total. The van der Waals surface area contributed by atoms with Crippen LogP contribution in [0.5, 0.6) is 0 Å². The summed E-state index contributed by atoms with van der Waals surface area (Å²) in [5, 5.41) is 41.3. The number of ether oxygens (including phenoxy) is 1. The van der Waals surface area contributed by atoms with Crippen molar-refractivity contribution < 1.29 is 34.8 Å². The van der Waals surface area contributed by atoms with Crippen molar-refractivity contribution in [3.05, 3.63) is 0 Å². The fraction of sp³-hybridized carbons (Fsp3) is 0.778. The van der Waals surface area contributed by atoms with Gasteiger partial charge in [-0.25, -0.2) is 4.79 Å². The standard InChI is InChI=1S/C9H16N2O7/c1-3(13)10-9(17)11-8-7(16)6(15)5(14)4(2-12)18-8/h4-8,12,14-16H,2H2,1H3,(H2,10,11,13,17)/t4-,5-,6+,7-,8-/m1/s1. The Morgan fingerprint density at radius 3 is 2.28 bits per heavy atom. The smallest absolute Gasteiger partial charge is 0.323 e. The van der Waals surface area contributed by atoms with Gasteiger partial charge >= 0.3 is 6.03 Å². The Labute approximate surface area is 102 Å². The molecule has 0 aromatic rings. The molecule has 0 aromatic heterocycles. The Balaban J connectivity index is 2.64. The molecule has 0 aliphatic carbocycles. The van der Waals surface area contributed by atoms with E-state index in [-0.39, 0.29) is 0 Å². The van der Waals surface area contributed by atoms with Crippen molar-refractivity contribution in [3.63, 3.8) is 0 Å². The zero-order chi connectivity index (χ0) is 13.9. The van der Waals surface area contributed by atoms with Crippen molar-refractivity contribution >= 4 is 11.9 Å². The largest absolute Gasteiger partial charge is 0.394 e. The molecule has 5 atom stereocenters. The second-order valence-corrected chi connectivity index (χ2v) is 3.90. The van der Waals surface area contributed by atoms with E-state index in [0.717, 1.165) is 6.92 Å². The number of hydrogen-bond acceptors (Lipinski definition) is 7. The van der Waals surface area contributed by atoms with Gasteiger partial charge in [0.15, 0.2) is 6.23 Å². The summed E-state index contributed by atoms with van der Waals surface area (Å²) in [7, 11) is 0. The van der Waals surface area contributed by atoms with Gasteiger partial charge in [-0.1, -0.05) is 0 Å². The van der Waals surface area contributed by atoms with Crippen molar-refractivity contribution in [1.29, 1.82) is 0 Å². The molecule has 0 radical (unpaired) electrons. The van der Waals surface area contributed by atoms with Gasteiger partial charge in [-0.2, -0.15) is 0 Å². The molecule has 0 saturated carbocycles. The minimum Gasteiger partial charge on any atom is -0.394 e. The summed E-state index contributed by atoms with van der Waals surface area (Å²) >= 11 is 0. The van der Waals surface area contributed by atoms with E-state index in [0.29, 0.717) is 0 Å². The monoisotopic (exact) mass is 264 g/mol. The summed E-state index contributed by atoms with van der Waals surface area (Å²) in [6, 6.07) is -0.924. The van der Waals surface area contributed by atoms with Crippen LogP contribution in [0.2, 0.25) is 0 Å². The normalized spacial score (nSPS) is 35.9. The van der Waals surface area contributed by atoms with Crippen LogP contribution in [0.4, 0.5) is 4.79 Å². The molecule has 1 aliphatic rings. The highest BCUT2D eigenvalue weighted by molar-refractivity contribution is 5.93. The second kappa shape index (κ2) is 6.07. The number of urea groups is 1. The van der Waals surface area contributed by atoms with Gasteiger partial charge in [-0.15, -0.1) is 0 Å². The number of carbonyl (C=O) groups is 2. The Hall–Kier alpha value is -1.26. The molecule has 104 valence electrons. The van der Waals surface area contributed by atoms with Gasteiger partial charge < -0.3 is 30.5 Å². The molecule has 0 spiro atoms. The Morgan fingerprint density at radius 1 is 1.17 bits per heavy atom. The van der Waals surface area contributed by atoms with E-state index in [1.165, 1.54) is 0 Å². The highest BCUT2D eigenvalue weighted by atomic mass is 16.6. The van der Waals surface area contributed by atoms with Gasteiger partial charge in [-0.3, -0.25) is 10.1 Å². The predicted octanol–water partition coefficient (Wildman–Crippen LogP) is -3.37. The van der Waals surface area contributed by atoms with Crippen molar-refractivity contribution in [1.82, 2.24) is 10.6 Å². The molecule has 1 heterocycles. The van der Waals surface area contributed by atoms with Crippen molar-refractivity contribution in [3.8, 4) is 0 Å². The highest BCUT2D eigenvalue weighted by Gasteiger charge is 2.43. The maximum atomic E-state index is 11.2. The second-order valence-electron chi connectivity index (χ2n) is 3.90. The van der Waals surface area contributed by atoms with Crippen molar-refractivity contribution in [2.75, 3.05) is 6.61 Å². The number of rotatable bonds is 2. The third-order valence-electron chi connectivity index (χ3n) is 2.46. The molecule has 1 fully saturated rings. The number of aliphatic hydroxyl groups excluding tert-OH is 4. The first-order chi connectivity index (χ1) is 8.36. The van der Waals surface area contributed by atoms with E-state index in [9.17, 15) is 24.9 Å². The van der Waals surface area contributed by atoms with Gasteiger partial charge in [0.1, 0.15) is 24.4 Å². The van der Waals surface area contributed by atoms with Gasteiger partial charge in [0, 0.05) is 6.92 Å². The van der Waals surface area contributed by atoms with E-state index in [1.54, 1.807) is 0 Å². The summed E-state index contributed by atoms with van der Waals surface area (Å²) in [5.74, 6) is -0.614. The topological polar surface area (TPSA) is 148 Å². The molecule has 3 amide bonds. The lowest BCUT2D eigenvalue weighted by Gasteiger charge is -2.39. The Bertz CT molecular complexity index is 322. The molecule has 1 saturated heterocycles. The lowest BCUT2D eigenvalue weighted by atomic mass is 9.98.